The van der Waals surface area contributed by atoms with Crippen molar-refractivity contribution < 1.29 is 9.47 Å². The maximum atomic E-state index is 5.61. The van der Waals surface area contributed by atoms with Gasteiger partial charge in [-0.3, -0.25) is 0 Å². The van der Waals surface area contributed by atoms with Crippen molar-refractivity contribution in [3.63, 3.8) is 0 Å². The second-order valence-electron chi connectivity index (χ2n) is 3.46. The molecule has 0 aliphatic heterocycles. The van der Waals surface area contributed by atoms with E-state index in [1.165, 1.54) is 0 Å². The summed E-state index contributed by atoms with van der Waals surface area (Å²) >= 11 is 0. The minimum Gasteiger partial charge on any atom is -0.497 e. The largest absolute Gasteiger partial charge is 0.497 e. The lowest BCUT2D eigenvalue weighted by molar-refractivity contribution is 0.296. The number of nitrogens with zero attached hydrogens (tertiary/aromatic N) is 2. The van der Waals surface area contributed by atoms with Crippen LogP contribution in [0.5, 0.6) is 11.5 Å². The van der Waals surface area contributed by atoms with Crippen molar-refractivity contribution in [2.45, 2.75) is 6.61 Å². The van der Waals surface area contributed by atoms with Gasteiger partial charge < -0.3 is 14.0 Å². The van der Waals surface area contributed by atoms with Crippen molar-refractivity contribution in [1.29, 1.82) is 0 Å². The Kier molecular flexibility index (Phi) is 3.10. The lowest BCUT2D eigenvalue weighted by atomic mass is 10.3. The number of ether oxygens (including phenoxy) is 2. The van der Waals surface area contributed by atoms with Gasteiger partial charge in [-0.25, -0.2) is 4.98 Å². The lowest BCUT2D eigenvalue weighted by Gasteiger charge is -2.07. The Morgan fingerprint density at radius 2 is 1.88 bits per heavy atom. The van der Waals surface area contributed by atoms with Gasteiger partial charge in [0, 0.05) is 7.05 Å². The predicted molar refractivity (Wildman–Crippen MR) is 60.5 cm³/mol. The Morgan fingerprint density at radius 1 is 1.19 bits per heavy atom. The lowest BCUT2D eigenvalue weighted by Crippen LogP contribution is -2.00. The van der Waals surface area contributed by atoms with Crippen molar-refractivity contribution in [3.8, 4) is 11.5 Å². The van der Waals surface area contributed by atoms with Crippen LogP contribution in [0, 0.1) is 0 Å². The van der Waals surface area contributed by atoms with E-state index < -0.39 is 0 Å². The second kappa shape index (κ2) is 4.70. The molecule has 1 aromatic carbocycles. The summed E-state index contributed by atoms with van der Waals surface area (Å²) in [4.78, 5) is 4.02. The third-order valence-corrected chi connectivity index (χ3v) is 2.36. The Balaban J connectivity index is 1.97. The molecule has 4 nitrogen and oxygen atoms in total. The molecule has 0 fully saturated rings. The quantitative estimate of drug-likeness (QED) is 0.787. The van der Waals surface area contributed by atoms with Crippen LogP contribution in [-0.4, -0.2) is 16.7 Å². The number of hydrogen-bond donors (Lipinski definition) is 0. The van der Waals surface area contributed by atoms with Crippen LogP contribution in [0.4, 0.5) is 0 Å². The molecule has 2 rings (SSSR count). The number of methoxy groups -OCH3 is 1. The van der Waals surface area contributed by atoms with Crippen LogP contribution < -0.4 is 9.47 Å². The van der Waals surface area contributed by atoms with Crippen LogP contribution in [0.15, 0.2) is 36.8 Å². The number of rotatable bonds is 4. The molecule has 0 aliphatic carbocycles. The zero-order chi connectivity index (χ0) is 11.4. The van der Waals surface area contributed by atoms with E-state index in [-0.39, 0.29) is 0 Å². The third-order valence-electron chi connectivity index (χ3n) is 2.36. The highest BCUT2D eigenvalue weighted by atomic mass is 16.5. The van der Waals surface area contributed by atoms with Gasteiger partial charge in [0.05, 0.1) is 25.3 Å². The average Bonchev–Trinajstić information content (AvgIpc) is 2.73. The molecule has 16 heavy (non-hydrogen) atoms. The highest BCUT2D eigenvalue weighted by Crippen LogP contribution is 2.17. The van der Waals surface area contributed by atoms with Gasteiger partial charge in [-0.2, -0.15) is 0 Å². The Bertz CT molecular complexity index is 448. The van der Waals surface area contributed by atoms with Crippen molar-refractivity contribution in [3.05, 3.63) is 42.5 Å². The maximum Gasteiger partial charge on any atom is 0.130 e. The number of benzene rings is 1. The van der Waals surface area contributed by atoms with Crippen LogP contribution >= 0.6 is 0 Å². The molecule has 84 valence electrons. The van der Waals surface area contributed by atoms with Gasteiger partial charge in [-0.05, 0) is 24.3 Å². The fourth-order valence-corrected chi connectivity index (χ4v) is 1.35. The molecule has 0 spiro atoms. The van der Waals surface area contributed by atoms with E-state index in [2.05, 4.69) is 4.98 Å². The SMILES string of the molecule is COc1ccc(OCc2cncn2C)cc1. The van der Waals surface area contributed by atoms with Crippen LogP contribution in [0.1, 0.15) is 5.69 Å². The number of aromatic nitrogens is 2. The van der Waals surface area contributed by atoms with Gasteiger partial charge in [-0.1, -0.05) is 0 Å². The first-order valence-electron chi connectivity index (χ1n) is 5.01. The first kappa shape index (κ1) is 10.5. The fraction of sp³-hybridized carbons (Fsp3) is 0.250. The highest BCUT2D eigenvalue weighted by molar-refractivity contribution is 5.31. The number of hydrogen-bond acceptors (Lipinski definition) is 3. The fourth-order valence-electron chi connectivity index (χ4n) is 1.35. The van der Waals surface area contributed by atoms with Crippen LogP contribution in [-0.2, 0) is 13.7 Å². The van der Waals surface area contributed by atoms with E-state index in [1.54, 1.807) is 19.6 Å². The monoisotopic (exact) mass is 218 g/mol. The summed E-state index contributed by atoms with van der Waals surface area (Å²) in [5, 5.41) is 0. The minimum atomic E-state index is 0.517. The summed E-state index contributed by atoms with van der Waals surface area (Å²) in [6.45, 7) is 0.517. The van der Waals surface area contributed by atoms with E-state index in [9.17, 15) is 0 Å². The molecule has 0 amide bonds. The summed E-state index contributed by atoms with van der Waals surface area (Å²) in [6.07, 6.45) is 3.55. The first-order chi connectivity index (χ1) is 7.79. The van der Waals surface area contributed by atoms with E-state index in [4.69, 9.17) is 9.47 Å². The minimum absolute atomic E-state index is 0.517. The average molecular weight is 218 g/mol. The second-order valence-corrected chi connectivity index (χ2v) is 3.46. The Labute approximate surface area is 94.4 Å². The summed E-state index contributed by atoms with van der Waals surface area (Å²) < 4.78 is 12.6. The van der Waals surface area contributed by atoms with Crippen molar-refractivity contribution >= 4 is 0 Å². The molecular weight excluding hydrogens is 204 g/mol. The predicted octanol–water partition coefficient (Wildman–Crippen LogP) is 2.01. The molecule has 0 radical (unpaired) electrons. The van der Waals surface area contributed by atoms with Gasteiger partial charge >= 0.3 is 0 Å². The molecule has 1 aromatic heterocycles. The molecule has 1 heterocycles. The normalized spacial score (nSPS) is 10.1. The van der Waals surface area contributed by atoms with Crippen molar-refractivity contribution in [1.82, 2.24) is 9.55 Å². The van der Waals surface area contributed by atoms with E-state index in [0.717, 1.165) is 17.2 Å². The molecule has 0 unspecified atom stereocenters. The standard InChI is InChI=1S/C12H14N2O2/c1-14-9-13-7-10(14)8-16-12-5-3-11(15-2)4-6-12/h3-7,9H,8H2,1-2H3. The van der Waals surface area contributed by atoms with Crippen LogP contribution in [0.25, 0.3) is 0 Å². The molecule has 0 bridgehead atoms. The Morgan fingerprint density at radius 3 is 2.44 bits per heavy atom. The van der Waals surface area contributed by atoms with Gasteiger partial charge in [0.15, 0.2) is 0 Å². The number of aryl methyl sites for hydroxylation is 1. The molecule has 0 saturated heterocycles. The van der Waals surface area contributed by atoms with Crippen molar-refractivity contribution in [2.24, 2.45) is 7.05 Å². The molecule has 4 heteroatoms. The molecule has 0 atom stereocenters. The summed E-state index contributed by atoms with van der Waals surface area (Å²) in [6, 6.07) is 7.52. The molecule has 0 N–H and O–H groups in total. The van der Waals surface area contributed by atoms with E-state index in [1.807, 2.05) is 35.9 Å². The molecule has 0 saturated carbocycles. The summed E-state index contributed by atoms with van der Waals surface area (Å²) in [5.41, 5.74) is 1.04. The van der Waals surface area contributed by atoms with Crippen LogP contribution in [0.2, 0.25) is 0 Å². The summed E-state index contributed by atoms with van der Waals surface area (Å²) in [7, 11) is 3.59. The molecular formula is C12H14N2O2. The van der Waals surface area contributed by atoms with Gasteiger partial charge in [0.25, 0.3) is 0 Å². The first-order valence-corrected chi connectivity index (χ1v) is 5.01. The topological polar surface area (TPSA) is 36.3 Å². The number of imidazole rings is 1. The zero-order valence-corrected chi connectivity index (χ0v) is 9.38. The van der Waals surface area contributed by atoms with E-state index >= 15 is 0 Å². The van der Waals surface area contributed by atoms with Crippen molar-refractivity contribution in [2.75, 3.05) is 7.11 Å². The smallest absolute Gasteiger partial charge is 0.130 e. The van der Waals surface area contributed by atoms with Crippen LogP contribution in [0.3, 0.4) is 0 Å². The van der Waals surface area contributed by atoms with Gasteiger partial charge in [0.1, 0.15) is 18.1 Å². The van der Waals surface area contributed by atoms with Gasteiger partial charge in [-0.15, -0.1) is 0 Å². The zero-order valence-electron chi connectivity index (χ0n) is 9.38. The molecule has 0 aliphatic rings. The highest BCUT2D eigenvalue weighted by Gasteiger charge is 2.00. The maximum absolute atomic E-state index is 5.61. The Hall–Kier alpha value is -1.97. The summed E-state index contributed by atoms with van der Waals surface area (Å²) in [5.74, 6) is 1.65. The van der Waals surface area contributed by atoms with E-state index in [0.29, 0.717) is 6.61 Å². The third kappa shape index (κ3) is 2.34. The molecule has 2 aromatic rings. The van der Waals surface area contributed by atoms with Gasteiger partial charge in [0.2, 0.25) is 0 Å².